The Balaban J connectivity index is 1.54. The average Bonchev–Trinajstić information content (AvgIpc) is 3.30. The number of nitrogens with one attached hydrogen (secondary N) is 1. The van der Waals surface area contributed by atoms with Crippen molar-refractivity contribution in [3.63, 3.8) is 0 Å². The fourth-order valence-electron chi connectivity index (χ4n) is 2.43. The van der Waals surface area contributed by atoms with Gasteiger partial charge in [0.15, 0.2) is 10.8 Å². The van der Waals surface area contributed by atoms with Crippen LogP contribution in [0.3, 0.4) is 0 Å². The summed E-state index contributed by atoms with van der Waals surface area (Å²) in [6.07, 6.45) is 1.71. The summed E-state index contributed by atoms with van der Waals surface area (Å²) < 4.78 is 5.64. The molecule has 4 aromatic rings. The van der Waals surface area contributed by atoms with Crippen molar-refractivity contribution in [1.29, 1.82) is 0 Å². The zero-order valence-electron chi connectivity index (χ0n) is 13.8. The molecule has 1 N–H and O–H groups in total. The highest BCUT2D eigenvalue weighted by molar-refractivity contribution is 7.14. The highest BCUT2D eigenvalue weighted by Gasteiger charge is 2.19. The fourth-order valence-corrected chi connectivity index (χ4v) is 3.13. The first-order valence-corrected chi connectivity index (χ1v) is 8.80. The fraction of sp³-hybridized carbons (Fsp3) is 0.0526. The van der Waals surface area contributed by atoms with Crippen LogP contribution in [0.25, 0.3) is 22.8 Å². The number of oxazole rings is 1. The van der Waals surface area contributed by atoms with Crippen molar-refractivity contribution >= 4 is 22.4 Å². The number of benzene rings is 1. The van der Waals surface area contributed by atoms with Crippen molar-refractivity contribution in [2.45, 2.75) is 6.92 Å². The molecular weight excluding hydrogens is 348 g/mol. The second kappa shape index (κ2) is 6.89. The number of carbonyl (C=O) groups excluding carboxylic acids is 1. The minimum atomic E-state index is -0.352. The largest absolute Gasteiger partial charge is 0.441 e. The van der Waals surface area contributed by atoms with Crippen molar-refractivity contribution in [2.24, 2.45) is 0 Å². The first-order chi connectivity index (χ1) is 12.7. The lowest BCUT2D eigenvalue weighted by Gasteiger charge is -1.98. The van der Waals surface area contributed by atoms with Crippen molar-refractivity contribution in [3.05, 3.63) is 71.6 Å². The molecular formula is C19H14N4O2S. The molecule has 26 heavy (non-hydrogen) atoms. The van der Waals surface area contributed by atoms with Crippen LogP contribution < -0.4 is 5.32 Å². The molecule has 0 saturated heterocycles. The molecule has 0 radical (unpaired) electrons. The number of pyridine rings is 1. The highest BCUT2D eigenvalue weighted by Crippen LogP contribution is 2.25. The Bertz CT molecular complexity index is 1040. The van der Waals surface area contributed by atoms with E-state index < -0.39 is 0 Å². The summed E-state index contributed by atoms with van der Waals surface area (Å²) in [5, 5.41) is 5.11. The number of hydrogen-bond acceptors (Lipinski definition) is 6. The summed E-state index contributed by atoms with van der Waals surface area (Å²) >= 11 is 1.33. The number of carbonyl (C=O) groups is 1. The van der Waals surface area contributed by atoms with Crippen LogP contribution in [-0.2, 0) is 0 Å². The van der Waals surface area contributed by atoms with Gasteiger partial charge in [-0.1, -0.05) is 24.3 Å². The molecule has 0 fully saturated rings. The molecule has 0 atom stereocenters. The number of aromatic nitrogens is 3. The van der Waals surface area contributed by atoms with Gasteiger partial charge in [0.2, 0.25) is 5.89 Å². The van der Waals surface area contributed by atoms with Gasteiger partial charge >= 0.3 is 0 Å². The lowest BCUT2D eigenvalue weighted by atomic mass is 10.2. The van der Waals surface area contributed by atoms with Crippen LogP contribution >= 0.6 is 11.3 Å². The maximum absolute atomic E-state index is 12.5. The molecule has 0 bridgehead atoms. The summed E-state index contributed by atoms with van der Waals surface area (Å²) in [4.78, 5) is 25.5. The average molecular weight is 362 g/mol. The van der Waals surface area contributed by atoms with Crippen LogP contribution in [-0.4, -0.2) is 20.9 Å². The van der Waals surface area contributed by atoms with Crippen molar-refractivity contribution < 1.29 is 9.21 Å². The van der Waals surface area contributed by atoms with Gasteiger partial charge in [-0.3, -0.25) is 15.1 Å². The van der Waals surface area contributed by atoms with E-state index in [-0.39, 0.29) is 11.6 Å². The number of nitrogens with zero attached hydrogens (tertiary/aromatic N) is 3. The number of anilines is 1. The summed E-state index contributed by atoms with van der Waals surface area (Å²) in [6.45, 7) is 1.72. The van der Waals surface area contributed by atoms with Gasteiger partial charge in [-0.05, 0) is 31.2 Å². The van der Waals surface area contributed by atoms with Crippen LogP contribution in [0.2, 0.25) is 0 Å². The van der Waals surface area contributed by atoms with E-state index in [1.807, 2.05) is 53.9 Å². The zero-order chi connectivity index (χ0) is 17.9. The zero-order valence-corrected chi connectivity index (χ0v) is 14.7. The van der Waals surface area contributed by atoms with Gasteiger partial charge in [0.1, 0.15) is 11.5 Å². The number of aryl methyl sites for hydroxylation is 1. The molecule has 4 rings (SSSR count). The van der Waals surface area contributed by atoms with Crippen LogP contribution in [0.1, 0.15) is 16.2 Å². The van der Waals surface area contributed by atoms with Crippen molar-refractivity contribution in [2.75, 3.05) is 5.32 Å². The topological polar surface area (TPSA) is 80.9 Å². The highest BCUT2D eigenvalue weighted by atomic mass is 32.1. The Morgan fingerprint density at radius 2 is 1.85 bits per heavy atom. The molecule has 0 aliphatic carbocycles. The normalized spacial score (nSPS) is 10.7. The molecule has 0 aliphatic rings. The molecule has 3 heterocycles. The van der Waals surface area contributed by atoms with Gasteiger partial charge < -0.3 is 4.42 Å². The van der Waals surface area contributed by atoms with Gasteiger partial charge in [-0.25, -0.2) is 9.97 Å². The Labute approximate surface area is 153 Å². The minimum absolute atomic E-state index is 0.249. The van der Waals surface area contributed by atoms with Crippen molar-refractivity contribution in [3.8, 4) is 22.8 Å². The van der Waals surface area contributed by atoms with E-state index in [4.69, 9.17) is 4.42 Å². The number of hydrogen-bond donors (Lipinski definition) is 1. The quantitative estimate of drug-likeness (QED) is 0.581. The van der Waals surface area contributed by atoms with Gasteiger partial charge in [0.05, 0.1) is 5.69 Å². The third-order valence-electron chi connectivity index (χ3n) is 3.68. The lowest BCUT2D eigenvalue weighted by molar-refractivity contribution is 0.102. The first-order valence-electron chi connectivity index (χ1n) is 7.92. The Kier molecular flexibility index (Phi) is 4.28. The monoisotopic (exact) mass is 362 g/mol. The summed E-state index contributed by atoms with van der Waals surface area (Å²) in [6, 6.07) is 15.1. The SMILES string of the molecule is Cc1oc(-c2ccccc2)nc1C(=O)Nc1nc(-c2ccccn2)cs1. The van der Waals surface area contributed by atoms with E-state index in [0.717, 1.165) is 11.3 Å². The molecule has 0 saturated carbocycles. The molecule has 7 heteroatoms. The first kappa shape index (κ1) is 16.2. The molecule has 6 nitrogen and oxygen atoms in total. The van der Waals surface area contributed by atoms with E-state index in [0.29, 0.717) is 22.5 Å². The predicted octanol–water partition coefficient (Wildman–Crippen LogP) is 4.42. The molecule has 1 aromatic carbocycles. The molecule has 3 aromatic heterocycles. The summed E-state index contributed by atoms with van der Waals surface area (Å²) in [7, 11) is 0. The van der Waals surface area contributed by atoms with Crippen LogP contribution in [0.15, 0.2) is 64.5 Å². The number of thiazole rings is 1. The molecule has 128 valence electrons. The summed E-state index contributed by atoms with van der Waals surface area (Å²) in [5.41, 5.74) is 2.54. The Morgan fingerprint density at radius 3 is 2.62 bits per heavy atom. The standard InChI is InChI=1S/C19H14N4O2S/c1-12-16(22-18(25-12)13-7-3-2-4-8-13)17(24)23-19-21-15(11-26-19)14-9-5-6-10-20-14/h2-11H,1H3,(H,21,23,24). The smallest absolute Gasteiger partial charge is 0.279 e. The third kappa shape index (κ3) is 3.25. The number of amides is 1. The van der Waals surface area contributed by atoms with Crippen molar-refractivity contribution in [1.82, 2.24) is 15.0 Å². The predicted molar refractivity (Wildman–Crippen MR) is 100.0 cm³/mol. The molecule has 1 amide bonds. The minimum Gasteiger partial charge on any atom is -0.441 e. The second-order valence-electron chi connectivity index (χ2n) is 5.50. The third-order valence-corrected chi connectivity index (χ3v) is 4.44. The van der Waals surface area contributed by atoms with Gasteiger partial charge in [-0.15, -0.1) is 11.3 Å². The van der Waals surface area contributed by atoms with E-state index in [1.165, 1.54) is 11.3 Å². The van der Waals surface area contributed by atoms with E-state index >= 15 is 0 Å². The Morgan fingerprint density at radius 1 is 1.04 bits per heavy atom. The van der Waals surface area contributed by atoms with E-state index in [9.17, 15) is 4.79 Å². The Hall–Kier alpha value is -3.32. The van der Waals surface area contributed by atoms with E-state index in [1.54, 1.807) is 13.1 Å². The molecule has 0 spiro atoms. The maximum atomic E-state index is 12.5. The molecule has 0 unspecified atom stereocenters. The van der Waals surface area contributed by atoms with E-state index in [2.05, 4.69) is 20.3 Å². The van der Waals surface area contributed by atoms with Gasteiger partial charge in [-0.2, -0.15) is 0 Å². The van der Waals surface area contributed by atoms with Gasteiger partial charge in [0, 0.05) is 17.1 Å². The maximum Gasteiger partial charge on any atom is 0.279 e. The second-order valence-corrected chi connectivity index (χ2v) is 6.35. The van der Waals surface area contributed by atoms with Crippen LogP contribution in [0.4, 0.5) is 5.13 Å². The summed E-state index contributed by atoms with van der Waals surface area (Å²) in [5.74, 6) is 0.528. The van der Waals surface area contributed by atoms with Crippen LogP contribution in [0, 0.1) is 6.92 Å². The van der Waals surface area contributed by atoms with Gasteiger partial charge in [0.25, 0.3) is 5.91 Å². The molecule has 0 aliphatic heterocycles. The van der Waals surface area contributed by atoms with Crippen LogP contribution in [0.5, 0.6) is 0 Å². The lowest BCUT2D eigenvalue weighted by Crippen LogP contribution is -2.13. The number of rotatable bonds is 4.